The van der Waals surface area contributed by atoms with Crippen molar-refractivity contribution in [3.63, 3.8) is 0 Å². The summed E-state index contributed by atoms with van der Waals surface area (Å²) in [4.78, 5) is 9.98. The number of hydrogen-bond acceptors (Lipinski definition) is 6. The van der Waals surface area contributed by atoms with E-state index in [4.69, 9.17) is 4.74 Å². The van der Waals surface area contributed by atoms with E-state index in [0.29, 0.717) is 18.5 Å². The van der Waals surface area contributed by atoms with Gasteiger partial charge >= 0.3 is 0 Å². The molecule has 2 N–H and O–H groups in total. The van der Waals surface area contributed by atoms with Crippen LogP contribution in [-0.4, -0.2) is 36.3 Å². The van der Waals surface area contributed by atoms with Crippen molar-refractivity contribution in [3.05, 3.63) is 11.4 Å². The number of aromatic nitrogens is 2. The van der Waals surface area contributed by atoms with Crippen molar-refractivity contribution in [2.75, 3.05) is 30.9 Å². The Bertz CT molecular complexity index is 555. The number of ether oxygens (including phenoxy) is 1. The zero-order valence-electron chi connectivity index (χ0n) is 12.4. The molecule has 20 heavy (non-hydrogen) atoms. The second kappa shape index (κ2) is 6.85. The molecule has 2 aromatic heterocycles. The number of nitrogens with zero attached hydrogens (tertiary/aromatic N) is 2. The number of anilines is 2. The monoisotopic (exact) mass is 294 g/mol. The van der Waals surface area contributed by atoms with Crippen molar-refractivity contribution in [2.24, 2.45) is 5.92 Å². The molecule has 2 rings (SSSR count). The molecule has 2 aromatic rings. The highest BCUT2D eigenvalue weighted by atomic mass is 32.1. The van der Waals surface area contributed by atoms with Gasteiger partial charge in [0.05, 0.1) is 18.0 Å². The van der Waals surface area contributed by atoms with Gasteiger partial charge in [-0.05, 0) is 24.3 Å². The Morgan fingerprint density at radius 3 is 2.80 bits per heavy atom. The van der Waals surface area contributed by atoms with Gasteiger partial charge < -0.3 is 15.4 Å². The third-order valence-corrected chi connectivity index (χ3v) is 3.98. The second-order valence-corrected chi connectivity index (χ2v) is 5.83. The molecular weight excluding hydrogens is 272 g/mol. The molecule has 0 aromatic carbocycles. The molecule has 0 aliphatic rings. The summed E-state index contributed by atoms with van der Waals surface area (Å²) in [6.45, 7) is 7.78. The zero-order chi connectivity index (χ0) is 14.5. The Labute approximate surface area is 123 Å². The average molecular weight is 294 g/mol. The normalized spacial score (nSPS) is 12.8. The van der Waals surface area contributed by atoms with E-state index in [9.17, 15) is 0 Å². The molecule has 0 saturated heterocycles. The van der Waals surface area contributed by atoms with Gasteiger partial charge in [0.2, 0.25) is 5.95 Å². The van der Waals surface area contributed by atoms with Crippen LogP contribution in [0.25, 0.3) is 10.2 Å². The van der Waals surface area contributed by atoms with Gasteiger partial charge in [-0.1, -0.05) is 13.8 Å². The summed E-state index contributed by atoms with van der Waals surface area (Å²) in [6.07, 6.45) is 0. The lowest BCUT2D eigenvalue weighted by Crippen LogP contribution is -2.31. The van der Waals surface area contributed by atoms with Gasteiger partial charge in [-0.3, -0.25) is 0 Å². The van der Waals surface area contributed by atoms with Crippen LogP contribution in [0.1, 0.15) is 20.8 Å². The molecule has 5 nitrogen and oxygen atoms in total. The number of thiophene rings is 1. The number of nitrogens with one attached hydrogen (secondary N) is 2. The van der Waals surface area contributed by atoms with Crippen molar-refractivity contribution in [2.45, 2.75) is 26.8 Å². The summed E-state index contributed by atoms with van der Waals surface area (Å²) in [7, 11) is 1.83. The van der Waals surface area contributed by atoms with E-state index in [0.717, 1.165) is 22.6 Å². The fraction of sp³-hybridized carbons (Fsp3) is 0.571. The topological polar surface area (TPSA) is 59.1 Å². The van der Waals surface area contributed by atoms with Gasteiger partial charge in [0.1, 0.15) is 10.6 Å². The van der Waals surface area contributed by atoms with E-state index in [1.54, 1.807) is 11.3 Å². The Morgan fingerprint density at radius 1 is 1.35 bits per heavy atom. The van der Waals surface area contributed by atoms with Crippen LogP contribution in [0.2, 0.25) is 0 Å². The highest BCUT2D eigenvalue weighted by Gasteiger charge is 2.16. The SMILES string of the molecule is CCOCC(Nc1nc(NC)nc2sccc12)C(C)C. The molecule has 2 heterocycles. The Kier molecular flexibility index (Phi) is 5.14. The van der Waals surface area contributed by atoms with Crippen LogP contribution in [0.4, 0.5) is 11.8 Å². The van der Waals surface area contributed by atoms with Gasteiger partial charge in [0, 0.05) is 13.7 Å². The molecule has 0 aliphatic carbocycles. The smallest absolute Gasteiger partial charge is 0.225 e. The largest absolute Gasteiger partial charge is 0.380 e. The lowest BCUT2D eigenvalue weighted by atomic mass is 10.1. The van der Waals surface area contributed by atoms with Crippen molar-refractivity contribution in [3.8, 4) is 0 Å². The van der Waals surface area contributed by atoms with Gasteiger partial charge in [0.15, 0.2) is 0 Å². The van der Waals surface area contributed by atoms with E-state index in [1.807, 2.05) is 19.4 Å². The Balaban J connectivity index is 2.28. The molecule has 6 heteroatoms. The van der Waals surface area contributed by atoms with E-state index >= 15 is 0 Å². The van der Waals surface area contributed by atoms with Gasteiger partial charge in [-0.25, -0.2) is 4.98 Å². The van der Waals surface area contributed by atoms with Gasteiger partial charge in [0.25, 0.3) is 0 Å². The van der Waals surface area contributed by atoms with Crippen molar-refractivity contribution in [1.82, 2.24) is 9.97 Å². The maximum Gasteiger partial charge on any atom is 0.225 e. The lowest BCUT2D eigenvalue weighted by Gasteiger charge is -2.23. The van der Waals surface area contributed by atoms with Crippen LogP contribution in [0.5, 0.6) is 0 Å². The Hall–Kier alpha value is -1.40. The summed E-state index contributed by atoms with van der Waals surface area (Å²) < 4.78 is 5.56. The number of fused-ring (bicyclic) bond motifs is 1. The predicted octanol–water partition coefficient (Wildman–Crippen LogP) is 3.21. The maximum atomic E-state index is 5.56. The van der Waals surface area contributed by atoms with Crippen LogP contribution in [-0.2, 0) is 4.74 Å². The van der Waals surface area contributed by atoms with Gasteiger partial charge in [-0.15, -0.1) is 11.3 Å². The summed E-state index contributed by atoms with van der Waals surface area (Å²) >= 11 is 1.62. The van der Waals surface area contributed by atoms with E-state index in [1.165, 1.54) is 0 Å². The van der Waals surface area contributed by atoms with Crippen LogP contribution >= 0.6 is 11.3 Å². The molecule has 0 bridgehead atoms. The summed E-state index contributed by atoms with van der Waals surface area (Å²) in [5.41, 5.74) is 0. The lowest BCUT2D eigenvalue weighted by molar-refractivity contribution is 0.126. The molecule has 0 saturated carbocycles. The molecule has 0 radical (unpaired) electrons. The van der Waals surface area contributed by atoms with Crippen LogP contribution in [0, 0.1) is 5.92 Å². The minimum Gasteiger partial charge on any atom is -0.380 e. The van der Waals surface area contributed by atoms with Crippen LogP contribution in [0.3, 0.4) is 0 Å². The van der Waals surface area contributed by atoms with E-state index in [-0.39, 0.29) is 6.04 Å². The third kappa shape index (κ3) is 3.37. The number of hydrogen-bond donors (Lipinski definition) is 2. The highest BCUT2D eigenvalue weighted by Crippen LogP contribution is 2.27. The molecule has 0 aliphatic heterocycles. The molecule has 0 amide bonds. The molecular formula is C14H22N4OS. The highest BCUT2D eigenvalue weighted by molar-refractivity contribution is 7.16. The molecule has 1 atom stereocenters. The van der Waals surface area contributed by atoms with Crippen molar-refractivity contribution < 1.29 is 4.74 Å². The first kappa shape index (κ1) is 15.0. The van der Waals surface area contributed by atoms with E-state index in [2.05, 4.69) is 40.5 Å². The first-order valence-corrected chi connectivity index (χ1v) is 7.81. The standard InChI is InChI=1S/C14H22N4OS/c1-5-19-8-11(9(2)3)16-12-10-6-7-20-13(10)18-14(15-4)17-12/h6-7,9,11H,5,8H2,1-4H3,(H2,15,16,17,18). The summed E-state index contributed by atoms with van der Waals surface area (Å²) in [5, 5.41) is 9.62. The predicted molar refractivity (Wildman–Crippen MR) is 85.7 cm³/mol. The molecule has 0 spiro atoms. The molecule has 110 valence electrons. The first-order valence-electron chi connectivity index (χ1n) is 6.93. The fourth-order valence-electron chi connectivity index (χ4n) is 1.90. The summed E-state index contributed by atoms with van der Waals surface area (Å²) in [5.74, 6) is 1.98. The van der Waals surface area contributed by atoms with Gasteiger partial charge in [-0.2, -0.15) is 4.98 Å². The minimum atomic E-state index is 0.234. The molecule has 1 unspecified atom stereocenters. The maximum absolute atomic E-state index is 5.56. The summed E-state index contributed by atoms with van der Waals surface area (Å²) in [6, 6.07) is 2.29. The molecule has 0 fully saturated rings. The first-order chi connectivity index (χ1) is 9.65. The van der Waals surface area contributed by atoms with Crippen LogP contribution < -0.4 is 10.6 Å². The van der Waals surface area contributed by atoms with E-state index < -0.39 is 0 Å². The minimum absolute atomic E-state index is 0.234. The van der Waals surface area contributed by atoms with Crippen molar-refractivity contribution in [1.29, 1.82) is 0 Å². The fourth-order valence-corrected chi connectivity index (χ4v) is 2.66. The zero-order valence-corrected chi connectivity index (χ0v) is 13.3. The van der Waals surface area contributed by atoms with Crippen LogP contribution in [0.15, 0.2) is 11.4 Å². The average Bonchev–Trinajstić information content (AvgIpc) is 2.91. The quantitative estimate of drug-likeness (QED) is 0.821. The number of rotatable bonds is 7. The third-order valence-electron chi connectivity index (χ3n) is 3.18. The Morgan fingerprint density at radius 2 is 2.15 bits per heavy atom. The van der Waals surface area contributed by atoms with Crippen molar-refractivity contribution >= 4 is 33.3 Å². The second-order valence-electron chi connectivity index (χ2n) is 4.94.